The highest BCUT2D eigenvalue weighted by Crippen LogP contribution is 2.40. The second-order valence-corrected chi connectivity index (χ2v) is 18.5. The van der Waals surface area contributed by atoms with E-state index < -0.39 is 26.5 Å². The van der Waals surface area contributed by atoms with E-state index in [1.807, 2.05) is 43.3 Å². The number of hydrogen-bond acceptors (Lipinski definition) is 13. The summed E-state index contributed by atoms with van der Waals surface area (Å²) in [5.74, 6) is 0.781. The highest BCUT2D eigenvalue weighted by molar-refractivity contribution is 8.72. The summed E-state index contributed by atoms with van der Waals surface area (Å²) < 4.78 is 60.8. The lowest BCUT2D eigenvalue weighted by Gasteiger charge is -2.28. The number of amides is 2. The van der Waals surface area contributed by atoms with Crippen LogP contribution in [-0.4, -0.2) is 94.5 Å². The Morgan fingerprint density at radius 1 is 0.845 bits per heavy atom. The summed E-state index contributed by atoms with van der Waals surface area (Å²) in [5, 5.41) is 6.39. The number of carbonyl (C=O) groups excluding carboxylic acids is 2. The van der Waals surface area contributed by atoms with Crippen LogP contribution in [0.2, 0.25) is 5.02 Å². The van der Waals surface area contributed by atoms with Crippen LogP contribution in [0.15, 0.2) is 94.9 Å². The lowest BCUT2D eigenvalue weighted by molar-refractivity contribution is -0.123. The number of hydrogen-bond donors (Lipinski definition) is 0. The minimum absolute atomic E-state index is 0.00145. The molecule has 1 fully saturated rings. The first-order valence-corrected chi connectivity index (χ1v) is 21.8. The average molecular weight is 854 g/mol. The van der Waals surface area contributed by atoms with Crippen molar-refractivity contribution in [3.8, 4) is 23.0 Å². The first-order valence-electron chi connectivity index (χ1n) is 18.4. The van der Waals surface area contributed by atoms with Gasteiger partial charge in [0.1, 0.15) is 30.3 Å². The van der Waals surface area contributed by atoms with Gasteiger partial charge in [-0.05, 0) is 98.1 Å². The number of ether oxygens (including phenoxy) is 6. The van der Waals surface area contributed by atoms with Crippen molar-refractivity contribution in [3.05, 3.63) is 112 Å². The van der Waals surface area contributed by atoms with Gasteiger partial charge in [-0.3, -0.25) is 9.80 Å². The van der Waals surface area contributed by atoms with E-state index in [0.717, 1.165) is 21.6 Å². The van der Waals surface area contributed by atoms with Crippen LogP contribution in [0.3, 0.4) is 0 Å². The van der Waals surface area contributed by atoms with Crippen molar-refractivity contribution in [1.29, 1.82) is 0 Å². The number of imide groups is 1. The first-order chi connectivity index (χ1) is 27.7. The summed E-state index contributed by atoms with van der Waals surface area (Å²) in [6, 6.07) is 24.3. The van der Waals surface area contributed by atoms with Crippen LogP contribution < -0.4 is 18.9 Å². The Balaban J connectivity index is 1.53. The zero-order chi connectivity index (χ0) is 41.9. The molecule has 5 rings (SSSR count). The number of hydrazone groups is 1. The number of benzene rings is 4. The molecule has 0 aliphatic carbocycles. The molecule has 1 heterocycles. The van der Waals surface area contributed by atoms with Gasteiger partial charge in [0.25, 0.3) is 5.91 Å². The van der Waals surface area contributed by atoms with Crippen LogP contribution in [0, 0.1) is 6.92 Å². The molecule has 0 unspecified atom stereocenters. The minimum Gasteiger partial charge on any atom is -0.497 e. The van der Waals surface area contributed by atoms with Crippen molar-refractivity contribution in [2.75, 3.05) is 52.8 Å². The smallest absolute Gasteiger partial charge is 0.417 e. The Labute approximate surface area is 348 Å². The molecule has 58 heavy (non-hydrogen) atoms. The second-order valence-electron chi connectivity index (χ2n) is 14.1. The molecule has 0 atom stereocenters. The summed E-state index contributed by atoms with van der Waals surface area (Å²) in [6.45, 7) is 8.19. The van der Waals surface area contributed by atoms with Gasteiger partial charge < -0.3 is 28.4 Å². The van der Waals surface area contributed by atoms with E-state index in [4.69, 9.17) is 45.1 Å². The van der Waals surface area contributed by atoms with Gasteiger partial charge >= 0.3 is 6.09 Å². The van der Waals surface area contributed by atoms with Gasteiger partial charge in [0, 0.05) is 17.9 Å². The van der Waals surface area contributed by atoms with Crippen LogP contribution in [0.5, 0.6) is 23.0 Å². The standard InChI is InChI=1S/C42H48ClN3O10S2/c1-29-7-17-34(18-8-29)58(49,50)57-26-23-46(41(48)56-42(2,3)4)40(47)38(44-45-21-24-53-25-22-45)35-19-20-36(54-27-30-9-13-32(51-5)14-10-30)39(37(35)43)55-28-31-11-15-33(52-6)16-12-31/h7-20H,21-28H2,1-6H3/b44-38-. The Kier molecular flexibility index (Phi) is 15.3. The molecule has 1 saturated heterocycles. The maximum absolute atomic E-state index is 14.8. The third-order valence-corrected chi connectivity index (χ3v) is 12.5. The first kappa shape index (κ1) is 44.1. The molecule has 2 amide bonds. The Morgan fingerprint density at radius 3 is 1.97 bits per heavy atom. The predicted octanol–water partition coefficient (Wildman–Crippen LogP) is 7.75. The number of morpholine rings is 1. The lowest BCUT2D eigenvalue weighted by atomic mass is 10.1. The summed E-state index contributed by atoms with van der Waals surface area (Å²) in [5.41, 5.74) is 1.52. The predicted molar refractivity (Wildman–Crippen MR) is 224 cm³/mol. The molecule has 4 aromatic carbocycles. The number of methoxy groups -OCH3 is 2. The molecule has 1 aliphatic heterocycles. The van der Waals surface area contributed by atoms with Gasteiger partial charge in [-0.2, -0.15) is 5.10 Å². The van der Waals surface area contributed by atoms with E-state index in [1.54, 1.807) is 76.4 Å². The van der Waals surface area contributed by atoms with Gasteiger partial charge in [-0.15, -0.1) is 0 Å². The van der Waals surface area contributed by atoms with E-state index >= 15 is 0 Å². The summed E-state index contributed by atoms with van der Waals surface area (Å²) in [6.07, 6.45) is -0.980. The highest BCUT2D eigenvalue weighted by Gasteiger charge is 2.34. The topological polar surface area (TPSA) is 142 Å². The van der Waals surface area contributed by atoms with Crippen LogP contribution in [0.4, 0.5) is 4.79 Å². The summed E-state index contributed by atoms with van der Waals surface area (Å²) >= 11 is 7.20. The van der Waals surface area contributed by atoms with Gasteiger partial charge in [0.2, 0.25) is 8.87 Å². The lowest BCUT2D eigenvalue weighted by Crippen LogP contribution is -2.46. The molecule has 0 radical (unpaired) electrons. The molecule has 0 spiro atoms. The molecule has 310 valence electrons. The van der Waals surface area contributed by atoms with Gasteiger partial charge in [-0.25, -0.2) is 18.1 Å². The fourth-order valence-corrected chi connectivity index (χ4v) is 8.47. The SMILES string of the molecule is COc1ccc(COc2ccc(/C(=N/N3CCOCC3)C(=O)N(CCSS(=O)(=O)c3ccc(C)cc3)C(=O)OC(C)(C)C)c(Cl)c2OCc2ccc(OC)cc2)cc1. The zero-order valence-electron chi connectivity index (χ0n) is 33.4. The Morgan fingerprint density at radius 2 is 1.41 bits per heavy atom. The van der Waals surface area contributed by atoms with Gasteiger partial charge in [-0.1, -0.05) is 53.6 Å². The Hall–Kier alpha value is -4.96. The number of rotatable bonds is 16. The third kappa shape index (κ3) is 12.3. The van der Waals surface area contributed by atoms with Gasteiger partial charge in [0.05, 0.1) is 50.4 Å². The van der Waals surface area contributed by atoms with Crippen molar-refractivity contribution in [1.82, 2.24) is 9.91 Å². The number of carbonyl (C=O) groups is 2. The number of halogens is 1. The van der Waals surface area contributed by atoms with Crippen molar-refractivity contribution in [2.45, 2.75) is 51.4 Å². The molecule has 0 N–H and O–H groups in total. The van der Waals surface area contributed by atoms with E-state index in [9.17, 15) is 18.0 Å². The van der Waals surface area contributed by atoms with Crippen molar-refractivity contribution in [3.63, 3.8) is 0 Å². The average Bonchev–Trinajstić information content (AvgIpc) is 3.20. The fraction of sp³-hybridized carbons (Fsp3) is 0.357. The maximum Gasteiger partial charge on any atom is 0.417 e. The van der Waals surface area contributed by atoms with Crippen LogP contribution in [0.25, 0.3) is 0 Å². The van der Waals surface area contributed by atoms with Crippen LogP contribution in [-0.2, 0) is 36.4 Å². The molecule has 16 heteroatoms. The summed E-state index contributed by atoms with van der Waals surface area (Å²) in [7, 11) is -0.0473. The molecule has 0 bridgehead atoms. The zero-order valence-corrected chi connectivity index (χ0v) is 35.7. The molecule has 13 nitrogen and oxygen atoms in total. The maximum atomic E-state index is 14.8. The monoisotopic (exact) mass is 853 g/mol. The quantitative estimate of drug-likeness (QED) is 0.0804. The van der Waals surface area contributed by atoms with Crippen LogP contribution >= 0.6 is 22.4 Å². The second kappa shape index (κ2) is 20.1. The summed E-state index contributed by atoms with van der Waals surface area (Å²) in [4.78, 5) is 29.5. The van der Waals surface area contributed by atoms with Crippen molar-refractivity contribution < 1.29 is 46.4 Å². The normalized spacial score (nSPS) is 13.4. The third-order valence-electron chi connectivity index (χ3n) is 8.57. The fourth-order valence-electron chi connectivity index (χ4n) is 5.47. The molecule has 1 aliphatic rings. The van der Waals surface area contributed by atoms with E-state index in [2.05, 4.69) is 0 Å². The van der Waals surface area contributed by atoms with E-state index in [1.165, 1.54) is 12.1 Å². The van der Waals surface area contributed by atoms with Gasteiger partial charge in [0.15, 0.2) is 17.2 Å². The molecule has 4 aromatic rings. The van der Waals surface area contributed by atoms with E-state index in [0.29, 0.717) is 48.6 Å². The molecule has 0 saturated carbocycles. The van der Waals surface area contributed by atoms with Crippen molar-refractivity contribution >= 4 is 49.0 Å². The molecular formula is C42H48ClN3O10S2. The largest absolute Gasteiger partial charge is 0.497 e. The van der Waals surface area contributed by atoms with Crippen molar-refractivity contribution in [2.24, 2.45) is 5.10 Å². The molecular weight excluding hydrogens is 806 g/mol. The number of aryl methyl sites for hydroxylation is 1. The molecule has 0 aromatic heterocycles. The van der Waals surface area contributed by atoms with Crippen LogP contribution in [0.1, 0.15) is 43.0 Å². The number of nitrogens with zero attached hydrogens (tertiary/aromatic N) is 3. The highest BCUT2D eigenvalue weighted by atomic mass is 35.5. The van der Waals surface area contributed by atoms with E-state index in [-0.39, 0.29) is 58.2 Å². The Bertz CT molecular complexity index is 2150. The minimum atomic E-state index is -3.82.